The van der Waals surface area contributed by atoms with Gasteiger partial charge in [0.1, 0.15) is 0 Å². The molecule has 4 nitrogen and oxygen atoms in total. The average molecular weight is 233 g/mol. The molecule has 1 aliphatic rings. The number of carbonyl (C=O) groups is 2. The Bertz CT molecular complexity index is 416. The van der Waals surface area contributed by atoms with Crippen molar-refractivity contribution >= 4 is 11.8 Å². The van der Waals surface area contributed by atoms with E-state index in [2.05, 4.69) is 4.98 Å². The van der Waals surface area contributed by atoms with Gasteiger partial charge in [0, 0.05) is 23.9 Å². The maximum absolute atomic E-state index is 12.2. The predicted octanol–water partition coefficient (Wildman–Crippen LogP) is 2.16. The number of rotatable bonds is 3. The summed E-state index contributed by atoms with van der Waals surface area (Å²) in [6.07, 6.45) is 6.25. The summed E-state index contributed by atoms with van der Waals surface area (Å²) in [6, 6.07) is 3.30. The molecule has 1 fully saturated rings. The van der Waals surface area contributed by atoms with Crippen molar-refractivity contribution < 1.29 is 14.7 Å². The molecular formula is C13H15NO3. The van der Waals surface area contributed by atoms with Crippen molar-refractivity contribution in [1.29, 1.82) is 0 Å². The van der Waals surface area contributed by atoms with Crippen LogP contribution in [-0.2, 0) is 4.79 Å². The second kappa shape index (κ2) is 5.08. The molecule has 1 saturated carbocycles. The van der Waals surface area contributed by atoms with E-state index in [1.54, 1.807) is 24.5 Å². The van der Waals surface area contributed by atoms with E-state index < -0.39 is 11.9 Å². The van der Waals surface area contributed by atoms with Crippen molar-refractivity contribution in [2.75, 3.05) is 0 Å². The highest BCUT2D eigenvalue weighted by Gasteiger charge is 2.35. The second-order valence-electron chi connectivity index (χ2n) is 4.44. The number of Topliss-reactive ketones (excluding diaryl/α,β-unsaturated/α-hetero) is 1. The molecule has 0 spiro atoms. The number of hydrogen-bond acceptors (Lipinski definition) is 3. The molecule has 0 amide bonds. The third kappa shape index (κ3) is 2.52. The van der Waals surface area contributed by atoms with Crippen LogP contribution in [0.3, 0.4) is 0 Å². The molecule has 1 aromatic heterocycles. The normalized spacial score (nSPS) is 24.2. The number of aliphatic carboxylic acids is 1. The topological polar surface area (TPSA) is 67.3 Å². The van der Waals surface area contributed by atoms with Crippen LogP contribution in [0.2, 0.25) is 0 Å². The van der Waals surface area contributed by atoms with Gasteiger partial charge in [-0.3, -0.25) is 14.6 Å². The first kappa shape index (κ1) is 11.8. The Morgan fingerprint density at radius 3 is 2.29 bits per heavy atom. The maximum atomic E-state index is 12.2. The Labute approximate surface area is 99.7 Å². The summed E-state index contributed by atoms with van der Waals surface area (Å²) in [6.45, 7) is 0. The average Bonchev–Trinajstić information content (AvgIpc) is 2.39. The largest absolute Gasteiger partial charge is 0.481 e. The van der Waals surface area contributed by atoms with Crippen molar-refractivity contribution in [3.8, 4) is 0 Å². The Hall–Kier alpha value is -1.71. The lowest BCUT2D eigenvalue weighted by atomic mass is 9.75. The van der Waals surface area contributed by atoms with E-state index in [1.165, 1.54) is 0 Å². The number of carbonyl (C=O) groups excluding carboxylic acids is 1. The maximum Gasteiger partial charge on any atom is 0.307 e. The first-order valence-corrected chi connectivity index (χ1v) is 5.87. The van der Waals surface area contributed by atoms with Crippen LogP contribution in [0.15, 0.2) is 24.5 Å². The molecule has 1 N–H and O–H groups in total. The van der Waals surface area contributed by atoms with Gasteiger partial charge in [-0.1, -0.05) is 12.8 Å². The number of carboxylic acid groups (broad SMARTS) is 1. The van der Waals surface area contributed by atoms with E-state index in [0.29, 0.717) is 18.4 Å². The molecule has 2 atom stereocenters. The van der Waals surface area contributed by atoms with Crippen molar-refractivity contribution in [3.05, 3.63) is 30.1 Å². The van der Waals surface area contributed by atoms with Gasteiger partial charge < -0.3 is 5.11 Å². The summed E-state index contributed by atoms with van der Waals surface area (Å²) < 4.78 is 0. The predicted molar refractivity (Wildman–Crippen MR) is 61.7 cm³/mol. The Morgan fingerprint density at radius 2 is 1.71 bits per heavy atom. The summed E-state index contributed by atoms with van der Waals surface area (Å²) in [4.78, 5) is 27.2. The lowest BCUT2D eigenvalue weighted by Gasteiger charge is -2.27. The van der Waals surface area contributed by atoms with E-state index in [4.69, 9.17) is 5.11 Å². The van der Waals surface area contributed by atoms with E-state index in [9.17, 15) is 9.59 Å². The third-order valence-corrected chi connectivity index (χ3v) is 3.38. The molecule has 90 valence electrons. The summed E-state index contributed by atoms with van der Waals surface area (Å²) in [7, 11) is 0. The fraction of sp³-hybridized carbons (Fsp3) is 0.462. The molecule has 0 saturated heterocycles. The van der Waals surface area contributed by atoms with Gasteiger partial charge >= 0.3 is 5.97 Å². The Kier molecular flexibility index (Phi) is 3.52. The molecule has 1 aromatic rings. The molecule has 4 heteroatoms. The standard InChI is InChI=1S/C13H15NO3/c15-12(9-5-7-14-8-6-9)10-3-1-2-4-11(10)13(16)17/h5-8,10-11H,1-4H2,(H,16,17)/t10-,11+/m0/s1. The van der Waals surface area contributed by atoms with E-state index in [0.717, 1.165) is 12.8 Å². The lowest BCUT2D eigenvalue weighted by molar-refractivity contribution is -0.144. The highest BCUT2D eigenvalue weighted by Crippen LogP contribution is 2.32. The number of pyridine rings is 1. The highest BCUT2D eigenvalue weighted by atomic mass is 16.4. The first-order valence-electron chi connectivity index (χ1n) is 5.87. The van der Waals surface area contributed by atoms with Crippen LogP contribution in [0.5, 0.6) is 0 Å². The van der Waals surface area contributed by atoms with Crippen molar-refractivity contribution in [1.82, 2.24) is 4.98 Å². The van der Waals surface area contributed by atoms with Gasteiger partial charge in [0.2, 0.25) is 0 Å². The fourth-order valence-electron chi connectivity index (χ4n) is 2.47. The summed E-state index contributed by atoms with van der Waals surface area (Å²) in [5.74, 6) is -1.80. The van der Waals surface area contributed by atoms with Gasteiger partial charge in [-0.05, 0) is 25.0 Å². The van der Waals surface area contributed by atoms with Gasteiger partial charge in [-0.25, -0.2) is 0 Å². The Morgan fingerprint density at radius 1 is 1.12 bits per heavy atom. The molecule has 0 aliphatic heterocycles. The molecule has 1 heterocycles. The minimum atomic E-state index is -0.850. The van der Waals surface area contributed by atoms with Crippen LogP contribution in [-0.4, -0.2) is 21.8 Å². The first-order chi connectivity index (χ1) is 8.20. The van der Waals surface area contributed by atoms with Crippen LogP contribution in [0, 0.1) is 11.8 Å². The van der Waals surface area contributed by atoms with Gasteiger partial charge in [-0.15, -0.1) is 0 Å². The number of hydrogen-bond donors (Lipinski definition) is 1. The highest BCUT2D eigenvalue weighted by molar-refractivity contribution is 5.99. The zero-order valence-corrected chi connectivity index (χ0v) is 9.50. The van der Waals surface area contributed by atoms with Crippen molar-refractivity contribution in [2.24, 2.45) is 11.8 Å². The second-order valence-corrected chi connectivity index (χ2v) is 4.44. The Balaban J connectivity index is 2.20. The van der Waals surface area contributed by atoms with E-state index in [-0.39, 0.29) is 11.7 Å². The SMILES string of the molecule is O=C(c1ccncc1)[C@H]1CCCC[C@H]1C(=O)O. The van der Waals surface area contributed by atoms with Gasteiger partial charge in [0.15, 0.2) is 5.78 Å². The van der Waals surface area contributed by atoms with Gasteiger partial charge in [0.25, 0.3) is 0 Å². The molecule has 2 rings (SSSR count). The number of carboxylic acids is 1. The number of nitrogens with zero attached hydrogens (tertiary/aromatic N) is 1. The minimum absolute atomic E-state index is 0.0560. The van der Waals surface area contributed by atoms with Crippen LogP contribution in [0.25, 0.3) is 0 Å². The van der Waals surface area contributed by atoms with Crippen LogP contribution in [0.4, 0.5) is 0 Å². The summed E-state index contributed by atoms with van der Waals surface area (Å²) >= 11 is 0. The molecule has 1 aliphatic carbocycles. The third-order valence-electron chi connectivity index (χ3n) is 3.38. The molecule has 0 aromatic carbocycles. The van der Waals surface area contributed by atoms with Crippen LogP contribution < -0.4 is 0 Å². The zero-order chi connectivity index (χ0) is 12.3. The van der Waals surface area contributed by atoms with Crippen LogP contribution >= 0.6 is 0 Å². The number of aromatic nitrogens is 1. The minimum Gasteiger partial charge on any atom is -0.481 e. The quantitative estimate of drug-likeness (QED) is 0.812. The zero-order valence-electron chi connectivity index (χ0n) is 9.50. The molecule has 17 heavy (non-hydrogen) atoms. The van der Waals surface area contributed by atoms with E-state index >= 15 is 0 Å². The lowest BCUT2D eigenvalue weighted by Crippen LogP contribution is -2.32. The van der Waals surface area contributed by atoms with Crippen LogP contribution in [0.1, 0.15) is 36.0 Å². The van der Waals surface area contributed by atoms with E-state index in [1.807, 2.05) is 0 Å². The summed E-state index contributed by atoms with van der Waals surface area (Å²) in [5.41, 5.74) is 0.568. The molecule has 0 radical (unpaired) electrons. The number of ketones is 1. The van der Waals surface area contributed by atoms with Gasteiger partial charge in [0.05, 0.1) is 5.92 Å². The molecule has 0 bridgehead atoms. The molecular weight excluding hydrogens is 218 g/mol. The summed E-state index contributed by atoms with van der Waals surface area (Å²) in [5, 5.41) is 9.14. The molecule has 0 unspecified atom stereocenters. The fourth-order valence-corrected chi connectivity index (χ4v) is 2.47. The van der Waals surface area contributed by atoms with Crippen molar-refractivity contribution in [3.63, 3.8) is 0 Å². The monoisotopic (exact) mass is 233 g/mol. The smallest absolute Gasteiger partial charge is 0.307 e. The van der Waals surface area contributed by atoms with Gasteiger partial charge in [-0.2, -0.15) is 0 Å². The van der Waals surface area contributed by atoms with Crippen molar-refractivity contribution in [2.45, 2.75) is 25.7 Å².